The van der Waals surface area contributed by atoms with Gasteiger partial charge in [0.05, 0.1) is 33.3 Å². The number of rotatable bonds is 6. The van der Waals surface area contributed by atoms with Crippen molar-refractivity contribution in [3.63, 3.8) is 0 Å². The summed E-state index contributed by atoms with van der Waals surface area (Å²) >= 11 is 0. The molecule has 0 saturated carbocycles. The second-order valence-electron chi connectivity index (χ2n) is 4.12. The van der Waals surface area contributed by atoms with E-state index in [1.165, 1.54) is 26.2 Å². The van der Waals surface area contributed by atoms with Crippen molar-refractivity contribution < 1.29 is 23.8 Å². The second kappa shape index (κ2) is 7.37. The quantitative estimate of drug-likeness (QED) is 0.736. The molecule has 0 heterocycles. The Bertz CT molecular complexity index is 486. The summed E-state index contributed by atoms with van der Waals surface area (Å²) in [7, 11) is 5.95. The first-order chi connectivity index (χ1) is 9.53. The summed E-state index contributed by atoms with van der Waals surface area (Å²) in [5.41, 5.74) is 0.388. The lowest BCUT2D eigenvalue weighted by Crippen LogP contribution is -2.29. The van der Waals surface area contributed by atoms with Crippen molar-refractivity contribution >= 4 is 11.9 Å². The normalized spacial score (nSPS) is 9.80. The van der Waals surface area contributed by atoms with E-state index in [9.17, 15) is 9.59 Å². The van der Waals surface area contributed by atoms with Crippen LogP contribution in [0.2, 0.25) is 0 Å². The Morgan fingerprint density at radius 3 is 2.40 bits per heavy atom. The molecule has 110 valence electrons. The number of hydrogen-bond acceptors (Lipinski definition) is 5. The van der Waals surface area contributed by atoms with Crippen molar-refractivity contribution in [2.75, 3.05) is 34.9 Å². The van der Waals surface area contributed by atoms with Gasteiger partial charge in [-0.1, -0.05) is 0 Å². The summed E-state index contributed by atoms with van der Waals surface area (Å²) in [4.78, 5) is 24.9. The van der Waals surface area contributed by atoms with Crippen molar-refractivity contribution in [2.24, 2.45) is 0 Å². The van der Waals surface area contributed by atoms with E-state index < -0.39 is 0 Å². The summed E-state index contributed by atoms with van der Waals surface area (Å²) < 4.78 is 14.8. The average Bonchev–Trinajstić information content (AvgIpc) is 2.50. The summed E-state index contributed by atoms with van der Waals surface area (Å²) in [6, 6.07) is 4.99. The van der Waals surface area contributed by atoms with Gasteiger partial charge < -0.3 is 19.1 Å². The van der Waals surface area contributed by atoms with Crippen LogP contribution in [0.3, 0.4) is 0 Å². The first-order valence-corrected chi connectivity index (χ1v) is 6.07. The molecule has 0 saturated heterocycles. The van der Waals surface area contributed by atoms with Crippen LogP contribution in [-0.4, -0.2) is 51.7 Å². The van der Waals surface area contributed by atoms with E-state index in [1.807, 2.05) is 0 Å². The zero-order chi connectivity index (χ0) is 15.1. The van der Waals surface area contributed by atoms with Crippen LogP contribution in [0.5, 0.6) is 11.5 Å². The molecule has 0 fully saturated rings. The van der Waals surface area contributed by atoms with Crippen molar-refractivity contribution in [3.8, 4) is 11.5 Å². The lowest BCUT2D eigenvalue weighted by Gasteiger charge is -2.18. The molecule has 0 unspecified atom stereocenters. The van der Waals surface area contributed by atoms with Gasteiger partial charge in [0.25, 0.3) is 5.91 Å². The van der Waals surface area contributed by atoms with Crippen molar-refractivity contribution in [1.82, 2.24) is 4.90 Å². The van der Waals surface area contributed by atoms with Gasteiger partial charge in [-0.05, 0) is 18.2 Å². The molecule has 0 radical (unpaired) electrons. The highest BCUT2D eigenvalue weighted by Crippen LogP contribution is 2.25. The van der Waals surface area contributed by atoms with Crippen LogP contribution in [0, 0.1) is 0 Å². The lowest BCUT2D eigenvalue weighted by molar-refractivity contribution is -0.140. The van der Waals surface area contributed by atoms with Gasteiger partial charge in [0.2, 0.25) is 0 Å². The molecule has 6 nitrogen and oxygen atoms in total. The molecular formula is C14H19NO5. The predicted molar refractivity (Wildman–Crippen MR) is 73.1 cm³/mol. The van der Waals surface area contributed by atoms with Gasteiger partial charge in [-0.25, -0.2) is 0 Å². The highest BCUT2D eigenvalue weighted by molar-refractivity contribution is 5.97. The number of hydrogen-bond donors (Lipinski definition) is 0. The minimum absolute atomic E-state index is 0.144. The number of nitrogens with zero attached hydrogens (tertiary/aromatic N) is 1. The third kappa shape index (κ3) is 3.88. The lowest BCUT2D eigenvalue weighted by atomic mass is 10.1. The maximum Gasteiger partial charge on any atom is 0.307 e. The fraction of sp³-hybridized carbons (Fsp3) is 0.429. The SMILES string of the molecule is COC(=O)CCN(C)C(=O)c1cc(OC)ccc1OC. The molecule has 0 aliphatic rings. The van der Waals surface area contributed by atoms with E-state index in [0.29, 0.717) is 17.1 Å². The molecule has 0 N–H and O–H groups in total. The molecular weight excluding hydrogens is 262 g/mol. The Morgan fingerprint density at radius 1 is 1.15 bits per heavy atom. The summed E-state index contributed by atoms with van der Waals surface area (Å²) in [5.74, 6) is 0.420. The van der Waals surface area contributed by atoms with Crippen LogP contribution in [0.15, 0.2) is 18.2 Å². The maximum atomic E-state index is 12.3. The second-order valence-corrected chi connectivity index (χ2v) is 4.12. The van der Waals surface area contributed by atoms with Crippen LogP contribution >= 0.6 is 0 Å². The topological polar surface area (TPSA) is 65.1 Å². The van der Waals surface area contributed by atoms with Crippen molar-refractivity contribution in [1.29, 1.82) is 0 Å². The number of amides is 1. The Labute approximate surface area is 118 Å². The highest BCUT2D eigenvalue weighted by Gasteiger charge is 2.18. The van der Waals surface area contributed by atoms with Gasteiger partial charge in [0.15, 0.2) is 0 Å². The molecule has 1 aromatic rings. The molecule has 0 aromatic heterocycles. The first-order valence-electron chi connectivity index (χ1n) is 6.07. The van der Waals surface area contributed by atoms with Crippen LogP contribution in [0.4, 0.5) is 0 Å². The molecule has 0 spiro atoms. The molecule has 1 amide bonds. The third-order valence-electron chi connectivity index (χ3n) is 2.86. The standard InChI is InChI=1S/C14H19NO5/c1-15(8-7-13(16)20-4)14(17)11-9-10(18-2)5-6-12(11)19-3/h5-6,9H,7-8H2,1-4H3. The summed E-state index contributed by atoms with van der Waals surface area (Å²) in [6.45, 7) is 0.270. The van der Waals surface area contributed by atoms with Gasteiger partial charge in [-0.3, -0.25) is 9.59 Å². The smallest absolute Gasteiger partial charge is 0.307 e. The number of esters is 1. The number of carbonyl (C=O) groups excluding carboxylic acids is 2. The fourth-order valence-corrected chi connectivity index (χ4v) is 1.65. The minimum Gasteiger partial charge on any atom is -0.497 e. The van der Waals surface area contributed by atoms with E-state index in [0.717, 1.165) is 0 Å². The molecule has 0 bridgehead atoms. The largest absolute Gasteiger partial charge is 0.497 e. The van der Waals surface area contributed by atoms with E-state index in [4.69, 9.17) is 9.47 Å². The summed E-state index contributed by atoms with van der Waals surface area (Å²) in [6.07, 6.45) is 0.144. The fourth-order valence-electron chi connectivity index (χ4n) is 1.65. The number of carbonyl (C=O) groups is 2. The monoisotopic (exact) mass is 281 g/mol. The molecule has 0 aliphatic heterocycles. The van der Waals surface area contributed by atoms with Crippen LogP contribution in [0.25, 0.3) is 0 Å². The van der Waals surface area contributed by atoms with Crippen LogP contribution < -0.4 is 9.47 Å². The Hall–Kier alpha value is -2.24. The molecule has 20 heavy (non-hydrogen) atoms. The van der Waals surface area contributed by atoms with E-state index in [2.05, 4.69) is 4.74 Å². The Balaban J connectivity index is 2.86. The number of benzene rings is 1. The average molecular weight is 281 g/mol. The van der Waals surface area contributed by atoms with Crippen LogP contribution in [0.1, 0.15) is 16.8 Å². The minimum atomic E-state index is -0.359. The molecule has 1 rings (SSSR count). The molecule has 0 atom stereocenters. The van der Waals surface area contributed by atoms with Gasteiger partial charge in [0.1, 0.15) is 11.5 Å². The Kier molecular flexibility index (Phi) is 5.83. The van der Waals surface area contributed by atoms with E-state index >= 15 is 0 Å². The van der Waals surface area contributed by atoms with Crippen molar-refractivity contribution in [3.05, 3.63) is 23.8 Å². The zero-order valence-electron chi connectivity index (χ0n) is 12.1. The first kappa shape index (κ1) is 15.8. The third-order valence-corrected chi connectivity index (χ3v) is 2.86. The van der Waals surface area contributed by atoms with Gasteiger partial charge in [-0.2, -0.15) is 0 Å². The zero-order valence-corrected chi connectivity index (χ0v) is 12.1. The molecule has 0 aliphatic carbocycles. The van der Waals surface area contributed by atoms with Gasteiger partial charge in [0, 0.05) is 13.6 Å². The Morgan fingerprint density at radius 2 is 1.85 bits per heavy atom. The van der Waals surface area contributed by atoms with Crippen molar-refractivity contribution in [2.45, 2.75) is 6.42 Å². The van der Waals surface area contributed by atoms with Gasteiger partial charge in [-0.15, -0.1) is 0 Å². The van der Waals surface area contributed by atoms with Gasteiger partial charge >= 0.3 is 5.97 Å². The summed E-state index contributed by atoms with van der Waals surface area (Å²) in [5, 5.41) is 0. The molecule has 6 heteroatoms. The van der Waals surface area contributed by atoms with E-state index in [-0.39, 0.29) is 24.8 Å². The predicted octanol–water partition coefficient (Wildman–Crippen LogP) is 1.34. The number of methoxy groups -OCH3 is 3. The van der Waals surface area contributed by atoms with E-state index in [1.54, 1.807) is 25.2 Å². The van der Waals surface area contributed by atoms with Crippen LogP contribution in [-0.2, 0) is 9.53 Å². The number of ether oxygens (including phenoxy) is 3. The highest BCUT2D eigenvalue weighted by atomic mass is 16.5. The maximum absolute atomic E-state index is 12.3. The molecule has 1 aromatic carbocycles.